The first-order chi connectivity index (χ1) is 10.6. The summed E-state index contributed by atoms with van der Waals surface area (Å²) in [5.74, 6) is -0.561. The Morgan fingerprint density at radius 2 is 2.14 bits per heavy atom. The highest BCUT2D eigenvalue weighted by molar-refractivity contribution is 6.06. The molecule has 0 fully saturated rings. The summed E-state index contributed by atoms with van der Waals surface area (Å²) in [4.78, 5) is 19.0. The van der Waals surface area contributed by atoms with Crippen LogP contribution in [0.25, 0.3) is 33.1 Å². The summed E-state index contributed by atoms with van der Waals surface area (Å²) in [5.41, 5.74) is 10.2. The molecule has 22 heavy (non-hydrogen) atoms. The molecule has 0 atom stereocenters. The van der Waals surface area contributed by atoms with E-state index in [-0.39, 0.29) is 5.69 Å². The van der Waals surface area contributed by atoms with E-state index >= 15 is 0 Å². The molecule has 4 aromatic rings. The van der Waals surface area contributed by atoms with Crippen LogP contribution in [-0.4, -0.2) is 26.1 Å². The van der Waals surface area contributed by atoms with Crippen molar-refractivity contribution in [2.24, 2.45) is 5.73 Å². The van der Waals surface area contributed by atoms with E-state index in [4.69, 9.17) is 5.73 Å². The van der Waals surface area contributed by atoms with Gasteiger partial charge in [-0.25, -0.2) is 4.98 Å². The van der Waals surface area contributed by atoms with Gasteiger partial charge in [0.1, 0.15) is 5.69 Å². The van der Waals surface area contributed by atoms with Crippen LogP contribution in [0.15, 0.2) is 36.7 Å². The summed E-state index contributed by atoms with van der Waals surface area (Å²) in [6, 6.07) is 7.80. The third-order valence-corrected chi connectivity index (χ3v) is 3.88. The average Bonchev–Trinajstić information content (AvgIpc) is 3.13. The number of aryl methyl sites for hydroxylation is 1. The Balaban J connectivity index is 2.11. The molecular weight excluding hydrogens is 278 g/mol. The number of primary amides is 1. The van der Waals surface area contributed by atoms with Gasteiger partial charge in [-0.2, -0.15) is 5.10 Å². The van der Waals surface area contributed by atoms with Gasteiger partial charge in [0, 0.05) is 28.0 Å². The molecule has 1 aromatic carbocycles. The van der Waals surface area contributed by atoms with E-state index in [1.165, 1.54) is 0 Å². The number of hydrogen-bond donors (Lipinski definition) is 3. The Morgan fingerprint density at radius 1 is 1.27 bits per heavy atom. The molecule has 4 N–H and O–H groups in total. The predicted octanol–water partition coefficient (Wildman–Crippen LogP) is 2.51. The number of aromatic amines is 2. The maximum absolute atomic E-state index is 11.5. The zero-order chi connectivity index (χ0) is 15.3. The molecule has 0 saturated carbocycles. The molecule has 0 bridgehead atoms. The molecule has 0 saturated heterocycles. The van der Waals surface area contributed by atoms with Crippen molar-refractivity contribution in [3.8, 4) is 11.1 Å². The maximum atomic E-state index is 11.5. The van der Waals surface area contributed by atoms with Crippen LogP contribution in [0.5, 0.6) is 0 Å². The van der Waals surface area contributed by atoms with Crippen LogP contribution in [0.2, 0.25) is 0 Å². The number of pyridine rings is 1. The summed E-state index contributed by atoms with van der Waals surface area (Å²) in [5, 5.41) is 8.80. The highest BCUT2D eigenvalue weighted by atomic mass is 16.1. The molecule has 0 aliphatic carbocycles. The molecule has 0 unspecified atom stereocenters. The number of fused-ring (bicyclic) bond motifs is 2. The number of carbonyl (C=O) groups is 1. The third kappa shape index (κ3) is 1.70. The van der Waals surface area contributed by atoms with E-state index < -0.39 is 5.91 Å². The summed E-state index contributed by atoms with van der Waals surface area (Å²) in [6.45, 7) is 2.06. The van der Waals surface area contributed by atoms with Crippen LogP contribution in [0.1, 0.15) is 16.1 Å². The van der Waals surface area contributed by atoms with Crippen LogP contribution in [0.4, 0.5) is 0 Å². The van der Waals surface area contributed by atoms with Crippen LogP contribution < -0.4 is 5.73 Å². The standard InChI is InChI=1S/C16H13N5O/c1-8-3-2-4-12-14(8)10(6-18-12)9-5-13(15(17)22)20-16-11(9)7-19-21-16/h2-7,18H,1H3,(H2,17,22)(H,19,20,21). The lowest BCUT2D eigenvalue weighted by Crippen LogP contribution is -2.13. The van der Waals surface area contributed by atoms with Gasteiger partial charge in [-0.1, -0.05) is 12.1 Å². The van der Waals surface area contributed by atoms with E-state index in [2.05, 4.69) is 33.2 Å². The largest absolute Gasteiger partial charge is 0.364 e. The Kier molecular flexibility index (Phi) is 2.53. The van der Waals surface area contributed by atoms with Crippen molar-refractivity contribution in [3.05, 3.63) is 47.9 Å². The highest BCUT2D eigenvalue weighted by Gasteiger charge is 2.16. The predicted molar refractivity (Wildman–Crippen MR) is 84.4 cm³/mol. The summed E-state index contributed by atoms with van der Waals surface area (Å²) in [6.07, 6.45) is 3.64. The molecule has 3 aromatic heterocycles. The minimum Gasteiger partial charge on any atom is -0.364 e. The number of nitrogens with zero attached hydrogens (tertiary/aromatic N) is 2. The summed E-state index contributed by atoms with van der Waals surface area (Å²) in [7, 11) is 0. The Labute approximate surface area is 125 Å². The molecule has 4 rings (SSSR count). The minimum atomic E-state index is -0.561. The van der Waals surface area contributed by atoms with Gasteiger partial charge in [0.25, 0.3) is 5.91 Å². The van der Waals surface area contributed by atoms with Crippen LogP contribution >= 0.6 is 0 Å². The van der Waals surface area contributed by atoms with Crippen molar-refractivity contribution in [2.75, 3.05) is 0 Å². The number of rotatable bonds is 2. The van der Waals surface area contributed by atoms with Crippen molar-refractivity contribution < 1.29 is 4.79 Å². The van der Waals surface area contributed by atoms with Gasteiger partial charge in [-0.05, 0) is 30.2 Å². The van der Waals surface area contributed by atoms with Gasteiger partial charge in [-0.3, -0.25) is 9.89 Å². The lowest BCUT2D eigenvalue weighted by Gasteiger charge is -2.05. The number of nitrogens with one attached hydrogen (secondary N) is 2. The monoisotopic (exact) mass is 291 g/mol. The number of hydrogen-bond acceptors (Lipinski definition) is 3. The van der Waals surface area contributed by atoms with Crippen molar-refractivity contribution in [2.45, 2.75) is 6.92 Å². The van der Waals surface area contributed by atoms with E-state index in [1.807, 2.05) is 18.3 Å². The molecule has 0 radical (unpaired) electrons. The quantitative estimate of drug-likeness (QED) is 0.529. The normalized spacial score (nSPS) is 11.3. The van der Waals surface area contributed by atoms with Gasteiger partial charge in [0.2, 0.25) is 0 Å². The number of carbonyl (C=O) groups excluding carboxylic acids is 1. The molecule has 3 heterocycles. The molecule has 108 valence electrons. The van der Waals surface area contributed by atoms with E-state index in [0.717, 1.165) is 33.0 Å². The fourth-order valence-corrected chi connectivity index (χ4v) is 2.86. The lowest BCUT2D eigenvalue weighted by atomic mass is 9.99. The molecule has 6 nitrogen and oxygen atoms in total. The van der Waals surface area contributed by atoms with Gasteiger partial charge in [0.05, 0.1) is 6.20 Å². The Morgan fingerprint density at radius 3 is 2.95 bits per heavy atom. The molecule has 6 heteroatoms. The smallest absolute Gasteiger partial charge is 0.267 e. The number of aromatic nitrogens is 4. The molecule has 0 spiro atoms. The van der Waals surface area contributed by atoms with E-state index in [9.17, 15) is 4.79 Å². The fraction of sp³-hybridized carbons (Fsp3) is 0.0625. The number of amides is 1. The highest BCUT2D eigenvalue weighted by Crippen LogP contribution is 2.34. The molecule has 0 aliphatic heterocycles. The van der Waals surface area contributed by atoms with Crippen molar-refractivity contribution in [1.29, 1.82) is 0 Å². The van der Waals surface area contributed by atoms with Gasteiger partial charge in [0.15, 0.2) is 5.65 Å². The molecule has 0 aliphatic rings. The molecular formula is C16H13N5O. The zero-order valence-corrected chi connectivity index (χ0v) is 11.8. The summed E-state index contributed by atoms with van der Waals surface area (Å²) < 4.78 is 0. The first kappa shape index (κ1) is 12.6. The first-order valence-corrected chi connectivity index (χ1v) is 6.86. The minimum absolute atomic E-state index is 0.217. The van der Waals surface area contributed by atoms with Crippen LogP contribution in [0.3, 0.4) is 0 Å². The second kappa shape index (κ2) is 4.42. The van der Waals surface area contributed by atoms with Crippen LogP contribution in [-0.2, 0) is 0 Å². The first-order valence-electron chi connectivity index (χ1n) is 6.86. The number of H-pyrrole nitrogens is 2. The van der Waals surface area contributed by atoms with Gasteiger partial charge >= 0.3 is 0 Å². The zero-order valence-electron chi connectivity index (χ0n) is 11.8. The van der Waals surface area contributed by atoms with E-state index in [1.54, 1.807) is 12.3 Å². The third-order valence-electron chi connectivity index (χ3n) is 3.88. The Bertz CT molecular complexity index is 1030. The SMILES string of the molecule is Cc1cccc2[nH]cc(-c3cc(C(N)=O)nc4[nH]ncc34)c12. The molecule has 1 amide bonds. The van der Waals surface area contributed by atoms with Crippen molar-refractivity contribution in [3.63, 3.8) is 0 Å². The fourth-order valence-electron chi connectivity index (χ4n) is 2.86. The average molecular weight is 291 g/mol. The topological polar surface area (TPSA) is 100 Å². The second-order valence-corrected chi connectivity index (χ2v) is 5.25. The maximum Gasteiger partial charge on any atom is 0.267 e. The number of benzene rings is 1. The number of nitrogens with two attached hydrogens (primary N) is 1. The van der Waals surface area contributed by atoms with E-state index in [0.29, 0.717) is 5.65 Å². The Hall–Kier alpha value is -3.15. The lowest BCUT2D eigenvalue weighted by molar-refractivity contribution is 0.0996. The van der Waals surface area contributed by atoms with Crippen LogP contribution in [0, 0.1) is 6.92 Å². The van der Waals surface area contributed by atoms with Gasteiger partial charge < -0.3 is 10.7 Å². The second-order valence-electron chi connectivity index (χ2n) is 5.25. The summed E-state index contributed by atoms with van der Waals surface area (Å²) >= 11 is 0. The van der Waals surface area contributed by atoms with Crippen molar-refractivity contribution >= 4 is 27.8 Å². The van der Waals surface area contributed by atoms with Crippen molar-refractivity contribution in [1.82, 2.24) is 20.2 Å². The van der Waals surface area contributed by atoms with Gasteiger partial charge in [-0.15, -0.1) is 0 Å².